The van der Waals surface area contributed by atoms with Crippen molar-refractivity contribution in [1.29, 1.82) is 0 Å². The highest BCUT2D eigenvalue weighted by Crippen LogP contribution is 2.59. The molecule has 0 rings (SSSR count). The summed E-state index contributed by atoms with van der Waals surface area (Å²) in [6.07, 6.45) is 2.14. The zero-order valence-electron chi connectivity index (χ0n) is 15.2. The summed E-state index contributed by atoms with van der Waals surface area (Å²) >= 11 is 0. The second-order valence-electron chi connectivity index (χ2n) is 9.01. The molecule has 0 radical (unpaired) electrons. The Bertz CT molecular complexity index is 332. The molecule has 0 fully saturated rings. The lowest BCUT2D eigenvalue weighted by Gasteiger charge is -2.58. The van der Waals surface area contributed by atoms with Crippen LogP contribution in [0.3, 0.4) is 0 Å². The van der Waals surface area contributed by atoms with Gasteiger partial charge in [-0.1, -0.05) is 46.5 Å². The van der Waals surface area contributed by atoms with Gasteiger partial charge in [0, 0.05) is 5.41 Å². The highest BCUT2D eigenvalue weighted by Gasteiger charge is 2.56. The minimum absolute atomic E-state index is 0.0370. The summed E-state index contributed by atoms with van der Waals surface area (Å²) in [4.78, 5) is 0. The van der Waals surface area contributed by atoms with Crippen molar-refractivity contribution in [3.63, 3.8) is 0 Å². The smallest absolute Gasteiger partial charge is 0.184 e. The molecule has 0 aromatic heterocycles. The lowest BCUT2D eigenvalue weighted by molar-refractivity contribution is -0.0223. The minimum atomic E-state index is -1.59. The van der Waals surface area contributed by atoms with Gasteiger partial charge in [-0.2, -0.15) is 0 Å². The fraction of sp³-hybridized carbons (Fsp3) is 0.875. The van der Waals surface area contributed by atoms with Crippen molar-refractivity contribution in [3.05, 3.63) is 12.7 Å². The van der Waals surface area contributed by atoms with Crippen LogP contribution in [-0.4, -0.2) is 22.0 Å². The van der Waals surface area contributed by atoms with E-state index in [1.54, 1.807) is 0 Å². The molecule has 1 nitrogen and oxygen atoms in total. The van der Waals surface area contributed by atoms with Crippen LogP contribution < -0.4 is 0 Å². The van der Waals surface area contributed by atoms with E-state index in [0.29, 0.717) is 0 Å². The maximum atomic E-state index is 6.55. The Kier molecular flexibility index (Phi) is 5.19. The molecule has 0 bridgehead atoms. The zero-order valence-corrected chi connectivity index (χ0v) is 17.2. The van der Waals surface area contributed by atoms with Crippen molar-refractivity contribution in [3.8, 4) is 0 Å². The second-order valence-corrected chi connectivity index (χ2v) is 19.2. The maximum absolute atomic E-state index is 6.55. The van der Waals surface area contributed by atoms with E-state index in [0.717, 1.165) is 0 Å². The van der Waals surface area contributed by atoms with Crippen LogP contribution in [-0.2, 0) is 4.43 Å². The van der Waals surface area contributed by atoms with Gasteiger partial charge in [0.15, 0.2) is 8.32 Å². The Morgan fingerprint density at radius 1 is 0.842 bits per heavy atom. The highest BCUT2D eigenvalue weighted by atomic mass is 28.4. The largest absolute Gasteiger partial charge is 0.412 e. The third kappa shape index (κ3) is 3.62. The molecule has 0 aromatic carbocycles. The van der Waals surface area contributed by atoms with Crippen LogP contribution in [0.15, 0.2) is 12.7 Å². The SMILES string of the molecule is C=CC(C)(C(C)(C)O[Si](C)(C)C)C(C)(C)[Si](C)(C)C. The molecule has 19 heavy (non-hydrogen) atoms. The summed E-state index contributed by atoms with van der Waals surface area (Å²) < 4.78 is 6.55. The van der Waals surface area contributed by atoms with Crippen LogP contribution in [0.5, 0.6) is 0 Å². The molecule has 0 aliphatic rings. The minimum Gasteiger partial charge on any atom is -0.412 e. The van der Waals surface area contributed by atoms with Crippen LogP contribution in [0, 0.1) is 5.41 Å². The normalized spacial score (nSPS) is 18.1. The monoisotopic (exact) mass is 300 g/mol. The van der Waals surface area contributed by atoms with Gasteiger partial charge in [-0.05, 0) is 38.5 Å². The molecule has 3 heteroatoms. The van der Waals surface area contributed by atoms with E-state index in [1.165, 1.54) is 0 Å². The molecule has 0 aliphatic carbocycles. The van der Waals surface area contributed by atoms with Crippen molar-refractivity contribution in [2.24, 2.45) is 5.41 Å². The van der Waals surface area contributed by atoms with Gasteiger partial charge in [-0.25, -0.2) is 0 Å². The first kappa shape index (κ1) is 19.1. The highest BCUT2D eigenvalue weighted by molar-refractivity contribution is 6.79. The van der Waals surface area contributed by atoms with Gasteiger partial charge in [0.05, 0.1) is 13.7 Å². The van der Waals surface area contributed by atoms with Gasteiger partial charge < -0.3 is 4.43 Å². The topological polar surface area (TPSA) is 9.23 Å². The average Bonchev–Trinajstić information content (AvgIpc) is 2.10. The molecule has 0 N–H and O–H groups in total. The predicted molar refractivity (Wildman–Crippen MR) is 94.2 cm³/mol. The maximum Gasteiger partial charge on any atom is 0.184 e. The molecule has 0 amide bonds. The quantitative estimate of drug-likeness (QED) is 0.436. The fourth-order valence-electron chi connectivity index (χ4n) is 2.90. The van der Waals surface area contributed by atoms with E-state index in [9.17, 15) is 0 Å². The van der Waals surface area contributed by atoms with Crippen molar-refractivity contribution in [2.75, 3.05) is 0 Å². The molecule has 0 saturated carbocycles. The Labute approximate surface area is 124 Å². The van der Waals surface area contributed by atoms with E-state index in [4.69, 9.17) is 4.43 Å². The molecule has 0 spiro atoms. The summed E-state index contributed by atoms with van der Waals surface area (Å²) in [5.74, 6) is 0. The molecule has 114 valence electrons. The standard InChI is InChI=1S/C16H36OSi2/c1-13-16(6,15(4,5)18(7,8)9)14(2,3)17-19(10,11)12/h13H,1H2,2-12H3. The zero-order chi connectivity index (χ0) is 15.9. The predicted octanol–water partition coefficient (Wildman–Crippen LogP) is 5.93. The molecule has 0 aromatic rings. The number of hydrogen-bond acceptors (Lipinski definition) is 1. The summed E-state index contributed by atoms with van der Waals surface area (Å²) in [5, 5.41) is 0.213. The van der Waals surface area contributed by atoms with Gasteiger partial charge in [0.25, 0.3) is 0 Å². The van der Waals surface area contributed by atoms with Crippen LogP contribution in [0.4, 0.5) is 0 Å². The lowest BCUT2D eigenvalue weighted by Crippen LogP contribution is -2.58. The van der Waals surface area contributed by atoms with E-state index in [-0.39, 0.29) is 16.1 Å². The van der Waals surface area contributed by atoms with E-state index < -0.39 is 16.4 Å². The van der Waals surface area contributed by atoms with Gasteiger partial charge in [0.2, 0.25) is 0 Å². The van der Waals surface area contributed by atoms with Crippen molar-refractivity contribution in [1.82, 2.24) is 0 Å². The average molecular weight is 301 g/mol. The van der Waals surface area contributed by atoms with Crippen molar-refractivity contribution in [2.45, 2.75) is 84.5 Å². The molecule has 0 saturated heterocycles. The summed E-state index contributed by atoms with van der Waals surface area (Å²) in [6, 6.07) is 0. The summed E-state index contributed by atoms with van der Waals surface area (Å²) in [7, 11) is -2.95. The molecule has 0 heterocycles. The van der Waals surface area contributed by atoms with Crippen molar-refractivity contribution >= 4 is 16.4 Å². The first-order chi connectivity index (χ1) is 8.02. The van der Waals surface area contributed by atoms with E-state index in [1.807, 2.05) is 0 Å². The lowest BCUT2D eigenvalue weighted by atomic mass is 9.67. The van der Waals surface area contributed by atoms with Crippen LogP contribution in [0.1, 0.15) is 34.6 Å². The van der Waals surface area contributed by atoms with Crippen molar-refractivity contribution < 1.29 is 4.43 Å². The molecular weight excluding hydrogens is 264 g/mol. The van der Waals surface area contributed by atoms with Gasteiger partial charge in [0.1, 0.15) is 0 Å². The summed E-state index contributed by atoms with van der Waals surface area (Å²) in [6.45, 7) is 29.9. The first-order valence-electron chi connectivity index (χ1n) is 7.36. The molecule has 0 aliphatic heterocycles. The number of hydrogen-bond donors (Lipinski definition) is 0. The summed E-state index contributed by atoms with van der Waals surface area (Å²) in [5.41, 5.74) is -0.228. The van der Waals surface area contributed by atoms with E-state index >= 15 is 0 Å². The van der Waals surface area contributed by atoms with Gasteiger partial charge in [-0.3, -0.25) is 0 Å². The Hall–Kier alpha value is 0.134. The van der Waals surface area contributed by atoms with Gasteiger partial charge in [-0.15, -0.1) is 6.58 Å². The van der Waals surface area contributed by atoms with Gasteiger partial charge >= 0.3 is 0 Å². The third-order valence-electron chi connectivity index (χ3n) is 5.39. The second kappa shape index (κ2) is 5.16. The number of rotatable bonds is 6. The van der Waals surface area contributed by atoms with Crippen LogP contribution in [0.2, 0.25) is 44.3 Å². The Balaban J connectivity index is 5.81. The third-order valence-corrected chi connectivity index (χ3v) is 10.8. The molecule has 1 unspecified atom stereocenters. The molecular formula is C16H36OSi2. The fourth-order valence-corrected chi connectivity index (χ4v) is 6.61. The Morgan fingerprint density at radius 2 is 1.21 bits per heavy atom. The first-order valence-corrected chi connectivity index (χ1v) is 14.3. The Morgan fingerprint density at radius 3 is 1.42 bits per heavy atom. The van der Waals surface area contributed by atoms with E-state index in [2.05, 4.69) is 86.6 Å². The van der Waals surface area contributed by atoms with Crippen LogP contribution in [0.25, 0.3) is 0 Å². The van der Waals surface area contributed by atoms with Crippen LogP contribution >= 0.6 is 0 Å². The molecule has 1 atom stereocenters.